The second-order valence-electron chi connectivity index (χ2n) is 5.50. The average molecular weight is 258 g/mol. The van der Waals surface area contributed by atoms with Crippen molar-refractivity contribution in [3.63, 3.8) is 0 Å². The molecule has 1 aliphatic carbocycles. The van der Waals surface area contributed by atoms with Gasteiger partial charge in [-0.05, 0) is 49.6 Å². The normalized spacial score (nSPS) is 23.7. The summed E-state index contributed by atoms with van der Waals surface area (Å²) in [4.78, 5) is 0. The zero-order chi connectivity index (χ0) is 13.2. The second kappa shape index (κ2) is 5.25. The smallest absolute Gasteiger partial charge is 0.119 e. The molecule has 2 unspecified atom stereocenters. The van der Waals surface area contributed by atoms with E-state index in [0.29, 0.717) is 12.0 Å². The van der Waals surface area contributed by atoms with E-state index in [1.165, 1.54) is 36.6 Å². The number of aromatic nitrogens is 1. The van der Waals surface area contributed by atoms with Gasteiger partial charge in [-0.25, -0.2) is 0 Å². The fourth-order valence-electron chi connectivity index (χ4n) is 3.39. The summed E-state index contributed by atoms with van der Waals surface area (Å²) in [7, 11) is 1.71. The zero-order valence-electron chi connectivity index (χ0n) is 11.5. The lowest BCUT2D eigenvalue weighted by Crippen LogP contribution is -2.28. The van der Waals surface area contributed by atoms with Gasteiger partial charge in [-0.1, -0.05) is 12.8 Å². The summed E-state index contributed by atoms with van der Waals surface area (Å²) in [5.41, 5.74) is 7.25. The Morgan fingerprint density at radius 1 is 1.26 bits per heavy atom. The highest BCUT2D eigenvalue weighted by Gasteiger charge is 2.25. The summed E-state index contributed by atoms with van der Waals surface area (Å²) < 4.78 is 7.71. The number of hydrogen-bond acceptors (Lipinski definition) is 2. The number of benzene rings is 1. The van der Waals surface area contributed by atoms with Crippen molar-refractivity contribution in [1.29, 1.82) is 0 Å². The van der Waals surface area contributed by atoms with E-state index in [0.717, 1.165) is 12.3 Å². The van der Waals surface area contributed by atoms with Crippen LogP contribution in [0.2, 0.25) is 0 Å². The highest BCUT2D eigenvalue weighted by Crippen LogP contribution is 2.36. The Morgan fingerprint density at radius 2 is 2.11 bits per heavy atom. The first kappa shape index (κ1) is 12.5. The van der Waals surface area contributed by atoms with Crippen LogP contribution in [0.15, 0.2) is 30.5 Å². The van der Waals surface area contributed by atoms with Crippen molar-refractivity contribution in [2.45, 2.75) is 31.7 Å². The fraction of sp³-hybridized carbons (Fsp3) is 0.500. The summed E-state index contributed by atoms with van der Waals surface area (Å²) in [6, 6.07) is 9.05. The number of nitrogens with two attached hydrogens (primary N) is 1. The Morgan fingerprint density at radius 3 is 2.89 bits per heavy atom. The number of methoxy groups -OCH3 is 1. The molecule has 1 aliphatic rings. The lowest BCUT2D eigenvalue weighted by Gasteiger charge is -2.32. The van der Waals surface area contributed by atoms with Gasteiger partial charge in [0.1, 0.15) is 5.75 Å². The quantitative estimate of drug-likeness (QED) is 0.917. The molecule has 0 aliphatic heterocycles. The first-order chi connectivity index (χ1) is 9.33. The first-order valence-corrected chi connectivity index (χ1v) is 7.18. The van der Waals surface area contributed by atoms with Crippen LogP contribution in [0.5, 0.6) is 5.75 Å². The Balaban J connectivity index is 1.99. The fourth-order valence-corrected chi connectivity index (χ4v) is 3.39. The lowest BCUT2D eigenvalue weighted by molar-refractivity contribution is 0.250. The van der Waals surface area contributed by atoms with Crippen molar-refractivity contribution in [2.75, 3.05) is 13.7 Å². The maximum Gasteiger partial charge on any atom is 0.119 e. The van der Waals surface area contributed by atoms with Gasteiger partial charge in [-0.15, -0.1) is 0 Å². The molecule has 3 heteroatoms. The standard InChI is InChI=1S/C16H22N2O/c1-19-14-6-7-16-12(10-14)8-9-18(16)15-5-3-2-4-13(15)11-17/h6-10,13,15H,2-5,11,17H2,1H3. The third-order valence-corrected chi connectivity index (χ3v) is 4.46. The van der Waals surface area contributed by atoms with Crippen molar-refractivity contribution in [3.8, 4) is 5.75 Å². The molecule has 3 nitrogen and oxygen atoms in total. The van der Waals surface area contributed by atoms with Gasteiger partial charge < -0.3 is 15.0 Å². The third kappa shape index (κ3) is 2.23. The van der Waals surface area contributed by atoms with E-state index in [9.17, 15) is 0 Å². The van der Waals surface area contributed by atoms with Crippen molar-refractivity contribution in [2.24, 2.45) is 11.7 Å². The minimum Gasteiger partial charge on any atom is -0.497 e. The minimum absolute atomic E-state index is 0.560. The Labute approximate surface area is 114 Å². The van der Waals surface area contributed by atoms with Crippen molar-refractivity contribution >= 4 is 10.9 Å². The molecule has 102 valence electrons. The predicted octanol–water partition coefficient (Wildman–Crippen LogP) is 3.34. The van der Waals surface area contributed by atoms with Gasteiger partial charge in [0, 0.05) is 23.1 Å². The van der Waals surface area contributed by atoms with Crippen LogP contribution in [0.4, 0.5) is 0 Å². The van der Waals surface area contributed by atoms with Gasteiger partial charge in [0.2, 0.25) is 0 Å². The van der Waals surface area contributed by atoms with Gasteiger partial charge in [0.15, 0.2) is 0 Å². The topological polar surface area (TPSA) is 40.2 Å². The van der Waals surface area contributed by atoms with Gasteiger partial charge in [-0.3, -0.25) is 0 Å². The van der Waals surface area contributed by atoms with Crippen LogP contribution >= 0.6 is 0 Å². The first-order valence-electron chi connectivity index (χ1n) is 7.18. The largest absolute Gasteiger partial charge is 0.497 e. The van der Waals surface area contributed by atoms with Crippen LogP contribution in [0.25, 0.3) is 10.9 Å². The highest BCUT2D eigenvalue weighted by molar-refractivity contribution is 5.81. The molecule has 19 heavy (non-hydrogen) atoms. The van der Waals surface area contributed by atoms with Crippen molar-refractivity contribution in [3.05, 3.63) is 30.5 Å². The molecular formula is C16H22N2O. The minimum atomic E-state index is 0.560. The maximum atomic E-state index is 5.96. The van der Waals surface area contributed by atoms with Gasteiger partial charge in [-0.2, -0.15) is 0 Å². The molecule has 0 amide bonds. The van der Waals surface area contributed by atoms with E-state index in [2.05, 4.69) is 29.0 Å². The molecular weight excluding hydrogens is 236 g/mol. The Hall–Kier alpha value is -1.48. The zero-order valence-corrected chi connectivity index (χ0v) is 11.5. The molecule has 0 saturated heterocycles. The molecule has 3 rings (SSSR count). The molecule has 0 bridgehead atoms. The number of rotatable bonds is 3. The monoisotopic (exact) mass is 258 g/mol. The van der Waals surface area contributed by atoms with E-state index in [4.69, 9.17) is 10.5 Å². The number of ether oxygens (including phenoxy) is 1. The molecule has 2 atom stereocenters. The van der Waals surface area contributed by atoms with E-state index < -0.39 is 0 Å². The molecule has 2 aromatic rings. The second-order valence-corrected chi connectivity index (χ2v) is 5.50. The summed E-state index contributed by atoms with van der Waals surface area (Å²) in [6.45, 7) is 0.792. The van der Waals surface area contributed by atoms with E-state index in [1.54, 1.807) is 7.11 Å². The molecule has 1 aromatic heterocycles. The Kier molecular flexibility index (Phi) is 3.47. The summed E-state index contributed by atoms with van der Waals surface area (Å²) in [5, 5.41) is 1.25. The predicted molar refractivity (Wildman–Crippen MR) is 78.5 cm³/mol. The molecule has 1 fully saturated rings. The Bertz CT molecular complexity index is 561. The molecule has 0 spiro atoms. The molecule has 0 radical (unpaired) electrons. The number of nitrogens with zero attached hydrogens (tertiary/aromatic N) is 1. The molecule has 2 N–H and O–H groups in total. The summed E-state index contributed by atoms with van der Waals surface area (Å²) in [6.07, 6.45) is 7.36. The van der Waals surface area contributed by atoms with E-state index in [-0.39, 0.29) is 0 Å². The molecule has 1 saturated carbocycles. The number of hydrogen-bond donors (Lipinski definition) is 1. The van der Waals surface area contributed by atoms with Crippen LogP contribution in [-0.4, -0.2) is 18.2 Å². The molecule has 1 aromatic carbocycles. The summed E-state index contributed by atoms with van der Waals surface area (Å²) >= 11 is 0. The number of fused-ring (bicyclic) bond motifs is 1. The highest BCUT2D eigenvalue weighted by atomic mass is 16.5. The van der Waals surface area contributed by atoms with Crippen LogP contribution in [0.1, 0.15) is 31.7 Å². The van der Waals surface area contributed by atoms with Crippen LogP contribution in [0, 0.1) is 5.92 Å². The average Bonchev–Trinajstić information content (AvgIpc) is 2.89. The van der Waals surface area contributed by atoms with E-state index >= 15 is 0 Å². The maximum absolute atomic E-state index is 5.96. The van der Waals surface area contributed by atoms with Gasteiger partial charge in [0.05, 0.1) is 7.11 Å². The SMILES string of the molecule is COc1ccc2c(ccn2C2CCCCC2CN)c1. The van der Waals surface area contributed by atoms with E-state index in [1.807, 2.05) is 6.07 Å². The molecule has 1 heterocycles. The summed E-state index contributed by atoms with van der Waals surface area (Å²) in [5.74, 6) is 1.54. The van der Waals surface area contributed by atoms with Crippen LogP contribution < -0.4 is 10.5 Å². The lowest BCUT2D eigenvalue weighted by atomic mass is 9.84. The van der Waals surface area contributed by atoms with Crippen LogP contribution in [-0.2, 0) is 0 Å². The van der Waals surface area contributed by atoms with Gasteiger partial charge in [0.25, 0.3) is 0 Å². The van der Waals surface area contributed by atoms with Crippen LogP contribution in [0.3, 0.4) is 0 Å². The van der Waals surface area contributed by atoms with Crippen molar-refractivity contribution < 1.29 is 4.74 Å². The third-order valence-electron chi connectivity index (χ3n) is 4.46. The van der Waals surface area contributed by atoms with Gasteiger partial charge >= 0.3 is 0 Å². The van der Waals surface area contributed by atoms with Crippen molar-refractivity contribution in [1.82, 2.24) is 4.57 Å².